The van der Waals surface area contributed by atoms with Crippen LogP contribution in [-0.4, -0.2) is 9.55 Å². The standard InChI is InChI=1S/C15H18N4/c1-3-8-19-11-17-10-15(19)14(9-16)18-13-7-5-4-6-12(13)2/h4-7,10-11,14,18H,3,8H2,1-2H3. The molecule has 0 aliphatic heterocycles. The smallest absolute Gasteiger partial charge is 0.156 e. The zero-order chi connectivity index (χ0) is 13.7. The molecule has 0 aliphatic rings. The number of aryl methyl sites for hydroxylation is 2. The normalized spacial score (nSPS) is 11.8. The molecule has 1 heterocycles. The van der Waals surface area contributed by atoms with Crippen LogP contribution in [0, 0.1) is 18.3 Å². The quantitative estimate of drug-likeness (QED) is 0.890. The Kier molecular flexibility index (Phi) is 4.19. The second kappa shape index (κ2) is 6.05. The van der Waals surface area contributed by atoms with Crippen LogP contribution in [0.25, 0.3) is 0 Å². The molecule has 0 saturated heterocycles. The van der Waals surface area contributed by atoms with E-state index in [1.807, 2.05) is 35.8 Å². The van der Waals surface area contributed by atoms with Gasteiger partial charge in [-0.15, -0.1) is 0 Å². The van der Waals surface area contributed by atoms with Crippen LogP contribution in [-0.2, 0) is 6.54 Å². The first-order valence-electron chi connectivity index (χ1n) is 6.48. The van der Waals surface area contributed by atoms with Crippen LogP contribution in [0.1, 0.15) is 30.6 Å². The molecule has 1 aromatic heterocycles. The molecule has 0 saturated carbocycles. The number of anilines is 1. The summed E-state index contributed by atoms with van der Waals surface area (Å²) in [6.07, 6.45) is 4.56. The highest BCUT2D eigenvalue weighted by Crippen LogP contribution is 2.21. The minimum absolute atomic E-state index is 0.379. The summed E-state index contributed by atoms with van der Waals surface area (Å²) < 4.78 is 2.03. The van der Waals surface area contributed by atoms with Gasteiger partial charge in [-0.05, 0) is 25.0 Å². The number of aromatic nitrogens is 2. The minimum Gasteiger partial charge on any atom is -0.365 e. The summed E-state index contributed by atoms with van der Waals surface area (Å²) in [5.74, 6) is 0. The lowest BCUT2D eigenvalue weighted by Gasteiger charge is -2.16. The molecule has 0 bridgehead atoms. The Morgan fingerprint density at radius 2 is 2.21 bits per heavy atom. The van der Waals surface area contributed by atoms with Crippen molar-refractivity contribution in [2.24, 2.45) is 0 Å². The predicted molar refractivity (Wildman–Crippen MR) is 75.7 cm³/mol. The molecule has 0 fully saturated rings. The summed E-state index contributed by atoms with van der Waals surface area (Å²) in [6.45, 7) is 5.02. The summed E-state index contributed by atoms with van der Waals surface area (Å²) in [6, 6.07) is 9.90. The third-order valence-electron chi connectivity index (χ3n) is 3.08. The maximum Gasteiger partial charge on any atom is 0.156 e. The molecule has 2 aromatic rings. The molecule has 0 amide bonds. The van der Waals surface area contributed by atoms with Gasteiger partial charge in [0.15, 0.2) is 6.04 Å². The number of para-hydroxylation sites is 1. The van der Waals surface area contributed by atoms with Crippen molar-refractivity contribution in [1.82, 2.24) is 9.55 Å². The van der Waals surface area contributed by atoms with Gasteiger partial charge in [-0.2, -0.15) is 5.26 Å². The average Bonchev–Trinajstić information content (AvgIpc) is 2.86. The first kappa shape index (κ1) is 13.2. The zero-order valence-corrected chi connectivity index (χ0v) is 11.3. The summed E-state index contributed by atoms with van der Waals surface area (Å²) in [7, 11) is 0. The van der Waals surface area contributed by atoms with E-state index in [1.54, 1.807) is 12.5 Å². The van der Waals surface area contributed by atoms with Crippen molar-refractivity contribution in [2.75, 3.05) is 5.32 Å². The zero-order valence-electron chi connectivity index (χ0n) is 11.3. The number of hydrogen-bond acceptors (Lipinski definition) is 3. The fourth-order valence-electron chi connectivity index (χ4n) is 2.06. The van der Waals surface area contributed by atoms with Crippen LogP contribution in [0.5, 0.6) is 0 Å². The molecular formula is C15H18N4. The van der Waals surface area contributed by atoms with Gasteiger partial charge in [0.2, 0.25) is 0 Å². The molecule has 19 heavy (non-hydrogen) atoms. The van der Waals surface area contributed by atoms with Crippen molar-refractivity contribution < 1.29 is 0 Å². The maximum absolute atomic E-state index is 9.39. The van der Waals surface area contributed by atoms with E-state index < -0.39 is 0 Å². The second-order valence-corrected chi connectivity index (χ2v) is 4.53. The van der Waals surface area contributed by atoms with E-state index in [9.17, 15) is 5.26 Å². The summed E-state index contributed by atoms with van der Waals surface area (Å²) in [5, 5.41) is 12.7. The van der Waals surface area contributed by atoms with E-state index in [2.05, 4.69) is 23.3 Å². The number of nitriles is 1. The van der Waals surface area contributed by atoms with Gasteiger partial charge in [0, 0.05) is 12.2 Å². The minimum atomic E-state index is -0.379. The highest BCUT2D eigenvalue weighted by Gasteiger charge is 2.15. The van der Waals surface area contributed by atoms with Crippen LogP contribution in [0.4, 0.5) is 5.69 Å². The first-order chi connectivity index (χ1) is 9.26. The number of nitrogens with zero attached hydrogens (tertiary/aromatic N) is 3. The second-order valence-electron chi connectivity index (χ2n) is 4.53. The van der Waals surface area contributed by atoms with E-state index in [-0.39, 0.29) is 6.04 Å². The monoisotopic (exact) mass is 254 g/mol. The van der Waals surface area contributed by atoms with Crippen molar-refractivity contribution in [3.05, 3.63) is 48.0 Å². The third kappa shape index (κ3) is 2.94. The fraction of sp³-hybridized carbons (Fsp3) is 0.333. The lowest BCUT2D eigenvalue weighted by atomic mass is 10.1. The molecule has 1 unspecified atom stereocenters. The first-order valence-corrected chi connectivity index (χ1v) is 6.48. The highest BCUT2D eigenvalue weighted by atomic mass is 15.1. The third-order valence-corrected chi connectivity index (χ3v) is 3.08. The van der Waals surface area contributed by atoms with E-state index in [0.29, 0.717) is 0 Å². The largest absolute Gasteiger partial charge is 0.365 e. The number of nitrogens with one attached hydrogen (secondary N) is 1. The maximum atomic E-state index is 9.39. The summed E-state index contributed by atoms with van der Waals surface area (Å²) in [4.78, 5) is 4.15. The number of rotatable bonds is 5. The number of benzene rings is 1. The van der Waals surface area contributed by atoms with Crippen molar-refractivity contribution in [3.8, 4) is 6.07 Å². The topological polar surface area (TPSA) is 53.6 Å². The molecule has 1 aromatic carbocycles. The van der Waals surface area contributed by atoms with Crippen molar-refractivity contribution in [1.29, 1.82) is 5.26 Å². The molecule has 0 aliphatic carbocycles. The van der Waals surface area contributed by atoms with E-state index >= 15 is 0 Å². The summed E-state index contributed by atoms with van der Waals surface area (Å²) in [5.41, 5.74) is 3.02. The van der Waals surface area contributed by atoms with Gasteiger partial charge >= 0.3 is 0 Å². The lowest BCUT2D eigenvalue weighted by molar-refractivity contribution is 0.640. The Labute approximate surface area is 113 Å². The predicted octanol–water partition coefficient (Wildman–Crippen LogP) is 3.28. The highest BCUT2D eigenvalue weighted by molar-refractivity contribution is 5.52. The van der Waals surface area contributed by atoms with Gasteiger partial charge in [0.1, 0.15) is 0 Å². The van der Waals surface area contributed by atoms with Crippen molar-refractivity contribution in [2.45, 2.75) is 32.9 Å². The SMILES string of the molecule is CCCn1cncc1C(C#N)Nc1ccccc1C. The molecule has 0 radical (unpaired) electrons. The number of imidazole rings is 1. The number of hydrogen-bond donors (Lipinski definition) is 1. The lowest BCUT2D eigenvalue weighted by Crippen LogP contribution is -2.14. The Balaban J connectivity index is 2.24. The van der Waals surface area contributed by atoms with Crippen molar-refractivity contribution in [3.63, 3.8) is 0 Å². The van der Waals surface area contributed by atoms with Gasteiger partial charge in [-0.1, -0.05) is 25.1 Å². The Morgan fingerprint density at radius 3 is 2.89 bits per heavy atom. The van der Waals surface area contributed by atoms with Gasteiger partial charge in [0.05, 0.1) is 24.3 Å². The average molecular weight is 254 g/mol. The van der Waals surface area contributed by atoms with Gasteiger partial charge in [-0.25, -0.2) is 4.98 Å². The van der Waals surface area contributed by atoms with E-state index in [1.165, 1.54) is 0 Å². The molecular weight excluding hydrogens is 236 g/mol. The Morgan fingerprint density at radius 1 is 1.42 bits per heavy atom. The van der Waals surface area contributed by atoms with Crippen LogP contribution in [0.15, 0.2) is 36.8 Å². The Bertz CT molecular complexity index is 580. The molecule has 1 atom stereocenters. The van der Waals surface area contributed by atoms with Gasteiger partial charge in [0.25, 0.3) is 0 Å². The molecule has 4 heteroatoms. The van der Waals surface area contributed by atoms with Crippen LogP contribution in [0.2, 0.25) is 0 Å². The van der Waals surface area contributed by atoms with Crippen molar-refractivity contribution >= 4 is 5.69 Å². The molecule has 0 spiro atoms. The molecule has 98 valence electrons. The molecule has 1 N–H and O–H groups in total. The van der Waals surface area contributed by atoms with Crippen LogP contribution >= 0.6 is 0 Å². The van der Waals surface area contributed by atoms with Gasteiger partial charge < -0.3 is 9.88 Å². The van der Waals surface area contributed by atoms with E-state index in [0.717, 1.165) is 29.9 Å². The molecule has 4 nitrogen and oxygen atoms in total. The van der Waals surface area contributed by atoms with Gasteiger partial charge in [-0.3, -0.25) is 0 Å². The molecule has 2 rings (SSSR count). The Hall–Kier alpha value is -2.28. The van der Waals surface area contributed by atoms with E-state index in [4.69, 9.17) is 0 Å². The summed E-state index contributed by atoms with van der Waals surface area (Å²) >= 11 is 0. The fourth-order valence-corrected chi connectivity index (χ4v) is 2.06. The van der Waals surface area contributed by atoms with Crippen LogP contribution < -0.4 is 5.32 Å². The van der Waals surface area contributed by atoms with Crippen LogP contribution in [0.3, 0.4) is 0 Å².